The summed E-state index contributed by atoms with van der Waals surface area (Å²) in [5, 5.41) is 9.66. The Morgan fingerprint density at radius 3 is 2.43 bits per heavy atom. The van der Waals surface area contributed by atoms with Crippen molar-refractivity contribution in [1.29, 1.82) is 0 Å². The van der Waals surface area contributed by atoms with Crippen molar-refractivity contribution in [2.75, 3.05) is 61.0 Å². The van der Waals surface area contributed by atoms with Crippen molar-refractivity contribution in [2.24, 2.45) is 18.9 Å². The summed E-state index contributed by atoms with van der Waals surface area (Å²) in [7, 11) is 1.83. The number of aryl methyl sites for hydroxylation is 2. The van der Waals surface area contributed by atoms with E-state index in [4.69, 9.17) is 14.7 Å². The van der Waals surface area contributed by atoms with Gasteiger partial charge >= 0.3 is 0 Å². The van der Waals surface area contributed by atoms with Crippen LogP contribution in [0.1, 0.15) is 66.6 Å². The van der Waals surface area contributed by atoms with Gasteiger partial charge in [0.15, 0.2) is 0 Å². The average Bonchev–Trinajstić information content (AvgIpc) is 3.96. The van der Waals surface area contributed by atoms with Gasteiger partial charge in [-0.05, 0) is 81.0 Å². The number of halogens is 2. The lowest BCUT2D eigenvalue weighted by molar-refractivity contribution is -0.135. The van der Waals surface area contributed by atoms with E-state index in [0.717, 1.165) is 35.1 Å². The van der Waals surface area contributed by atoms with Crippen molar-refractivity contribution in [2.45, 2.75) is 58.4 Å². The number of ether oxygens (including phenoxy) is 1. The largest absolute Gasteiger partial charge is 0.477 e. The number of fused-ring (bicyclic) bond motifs is 7. The lowest BCUT2D eigenvalue weighted by Gasteiger charge is -2.37. The van der Waals surface area contributed by atoms with Crippen molar-refractivity contribution < 1.29 is 32.7 Å². The molecule has 61 heavy (non-hydrogen) atoms. The fourth-order valence-electron chi connectivity index (χ4n) is 9.17. The average molecular weight is 835 g/mol. The van der Waals surface area contributed by atoms with Gasteiger partial charge in [-0.3, -0.25) is 34.8 Å². The number of piperidine rings is 1. The number of piperazine rings is 1. The fourth-order valence-corrected chi connectivity index (χ4v) is 9.17. The van der Waals surface area contributed by atoms with Crippen LogP contribution in [-0.4, -0.2) is 98.7 Å². The fraction of sp³-hybridized carbons (Fsp3) is 0.432. The molecule has 0 spiro atoms. The molecule has 9 rings (SSSR count). The van der Waals surface area contributed by atoms with Crippen LogP contribution in [0.4, 0.5) is 26.1 Å². The second-order valence-electron chi connectivity index (χ2n) is 16.7. The number of nitrogens with zero attached hydrogens (tertiary/aromatic N) is 8. The summed E-state index contributed by atoms with van der Waals surface area (Å²) in [5.74, 6) is -3.20. The number of hydrogen-bond acceptors (Lipinski definition) is 10. The molecule has 2 bridgehead atoms. The highest BCUT2D eigenvalue weighted by Crippen LogP contribution is 2.35. The maximum absolute atomic E-state index is 15.3. The topological polar surface area (TPSA) is 160 Å². The first-order chi connectivity index (χ1) is 29.4. The zero-order valence-corrected chi connectivity index (χ0v) is 34.4. The van der Waals surface area contributed by atoms with Gasteiger partial charge in [0.1, 0.15) is 11.6 Å². The zero-order chi connectivity index (χ0) is 42.5. The minimum atomic E-state index is -1.07. The Kier molecular flexibility index (Phi) is 10.7. The number of nitrogens with one attached hydrogen (secondary N) is 2. The maximum atomic E-state index is 15.3. The number of pyridine rings is 1. The first-order valence-electron chi connectivity index (χ1n) is 21.0. The number of carbonyl (C=O) groups is 4. The van der Waals surface area contributed by atoms with Gasteiger partial charge < -0.3 is 24.0 Å². The number of aromatic nitrogens is 5. The van der Waals surface area contributed by atoms with Gasteiger partial charge in [0.25, 0.3) is 5.91 Å². The van der Waals surface area contributed by atoms with Crippen LogP contribution in [0.15, 0.2) is 48.7 Å². The van der Waals surface area contributed by atoms with Crippen LogP contribution >= 0.6 is 0 Å². The van der Waals surface area contributed by atoms with Gasteiger partial charge in [-0.15, -0.1) is 0 Å². The summed E-state index contributed by atoms with van der Waals surface area (Å²) in [6.07, 6.45) is 4.02. The number of imide groups is 1. The molecule has 4 amide bonds. The molecular weight excluding hydrogens is 787 g/mol. The molecule has 0 radical (unpaired) electrons. The van der Waals surface area contributed by atoms with Crippen molar-refractivity contribution in [3.8, 4) is 17.1 Å². The molecule has 4 aliphatic heterocycles. The summed E-state index contributed by atoms with van der Waals surface area (Å²) in [6.45, 7) is 8.21. The van der Waals surface area contributed by atoms with Crippen molar-refractivity contribution in [3.05, 3.63) is 77.1 Å². The van der Waals surface area contributed by atoms with Crippen LogP contribution in [0.3, 0.4) is 0 Å². The Bertz CT molecular complexity index is 2540. The molecule has 4 aliphatic rings. The van der Waals surface area contributed by atoms with Crippen LogP contribution in [0, 0.1) is 30.4 Å². The first kappa shape index (κ1) is 40.0. The Morgan fingerprint density at radius 2 is 1.66 bits per heavy atom. The lowest BCUT2D eigenvalue weighted by atomic mass is 9.89. The second kappa shape index (κ2) is 16.2. The van der Waals surface area contributed by atoms with E-state index in [1.807, 2.05) is 35.9 Å². The third kappa shape index (κ3) is 7.88. The number of rotatable bonds is 4. The minimum absolute atomic E-state index is 0.0176. The predicted octanol–water partition coefficient (Wildman–Crippen LogP) is 5.17. The Morgan fingerprint density at radius 1 is 0.869 bits per heavy atom. The number of hydrogen-bond donors (Lipinski definition) is 2. The minimum Gasteiger partial charge on any atom is -0.477 e. The van der Waals surface area contributed by atoms with E-state index < -0.39 is 29.4 Å². The summed E-state index contributed by atoms with van der Waals surface area (Å²) in [6, 6.07) is 12.0. The third-order valence-electron chi connectivity index (χ3n) is 12.4. The highest BCUT2D eigenvalue weighted by atomic mass is 19.1. The summed E-state index contributed by atoms with van der Waals surface area (Å²) in [4.78, 5) is 67.1. The monoisotopic (exact) mass is 834 g/mol. The highest BCUT2D eigenvalue weighted by Gasteiger charge is 2.36. The van der Waals surface area contributed by atoms with Crippen molar-refractivity contribution in [3.63, 3.8) is 0 Å². The van der Waals surface area contributed by atoms with E-state index in [-0.39, 0.29) is 42.1 Å². The van der Waals surface area contributed by atoms with Gasteiger partial charge in [0, 0.05) is 87.5 Å². The Hall–Kier alpha value is -6.39. The smallest absolute Gasteiger partial charge is 0.258 e. The molecule has 3 aromatic heterocycles. The van der Waals surface area contributed by atoms with E-state index in [9.17, 15) is 19.2 Å². The lowest BCUT2D eigenvalue weighted by Crippen LogP contribution is -2.50. The molecular formula is C44H48F2N10O5. The van der Waals surface area contributed by atoms with Crippen LogP contribution in [0.25, 0.3) is 22.3 Å². The molecule has 17 heteroatoms. The zero-order valence-electron chi connectivity index (χ0n) is 34.4. The number of benzene rings is 2. The van der Waals surface area contributed by atoms with Gasteiger partial charge in [-0.25, -0.2) is 18.4 Å². The molecule has 3 atom stereocenters. The molecule has 7 heterocycles. The van der Waals surface area contributed by atoms with Gasteiger partial charge in [-0.2, -0.15) is 5.10 Å². The van der Waals surface area contributed by atoms with E-state index in [2.05, 4.69) is 38.2 Å². The first-order valence-corrected chi connectivity index (χ1v) is 21.0. The number of amides is 4. The Balaban J connectivity index is 0.880. The Labute approximate surface area is 351 Å². The summed E-state index contributed by atoms with van der Waals surface area (Å²) >= 11 is 0. The van der Waals surface area contributed by atoms with Gasteiger partial charge in [-0.1, -0.05) is 6.92 Å². The normalized spacial score (nSPS) is 21.3. The van der Waals surface area contributed by atoms with Crippen LogP contribution < -0.4 is 25.2 Å². The molecule has 0 unspecified atom stereocenters. The number of anilines is 3. The van der Waals surface area contributed by atoms with Crippen LogP contribution in [0.5, 0.6) is 5.88 Å². The summed E-state index contributed by atoms with van der Waals surface area (Å²) in [5.41, 5.74) is 5.09. The van der Waals surface area contributed by atoms with E-state index in [1.165, 1.54) is 12.1 Å². The summed E-state index contributed by atoms with van der Waals surface area (Å²) < 4.78 is 40.6. The second-order valence-corrected chi connectivity index (χ2v) is 16.7. The molecule has 3 fully saturated rings. The molecule has 0 saturated carbocycles. The highest BCUT2D eigenvalue weighted by molar-refractivity contribution is 6.05. The number of imidazole rings is 1. The molecule has 3 saturated heterocycles. The van der Waals surface area contributed by atoms with Crippen LogP contribution in [0.2, 0.25) is 0 Å². The third-order valence-corrected chi connectivity index (χ3v) is 12.4. The van der Waals surface area contributed by atoms with Gasteiger partial charge in [0.2, 0.25) is 29.5 Å². The van der Waals surface area contributed by atoms with Gasteiger partial charge in [0.05, 0.1) is 46.9 Å². The molecule has 5 aromatic rings. The van der Waals surface area contributed by atoms with Crippen molar-refractivity contribution >= 4 is 52.0 Å². The van der Waals surface area contributed by atoms with E-state index in [1.54, 1.807) is 23.0 Å². The molecule has 0 aliphatic carbocycles. The van der Waals surface area contributed by atoms with Crippen LogP contribution in [-0.2, 0) is 28.0 Å². The molecule has 2 N–H and O–H groups in total. The maximum Gasteiger partial charge on any atom is 0.258 e. The predicted molar refractivity (Wildman–Crippen MR) is 223 cm³/mol. The quantitative estimate of drug-likeness (QED) is 0.231. The molecule has 15 nitrogen and oxygen atoms in total. The van der Waals surface area contributed by atoms with E-state index >= 15 is 8.78 Å². The van der Waals surface area contributed by atoms with E-state index in [0.29, 0.717) is 93.3 Å². The van der Waals surface area contributed by atoms with Crippen molar-refractivity contribution in [1.82, 2.24) is 34.5 Å². The molecule has 2 aromatic carbocycles. The molecule has 318 valence electrons. The number of carbonyl (C=O) groups excluding carboxylic acids is 4. The SMILES string of the molecule is Cc1cc2cc(n1)-c1cnn(C)c1OCCC[C@@H](C)Cn1c(nc3ccc(N4CCN(C(=O)[C@@H]5CCN(c6cc(F)c([C@H]7CCC(=O)NC7=O)c(F)c6)C5)CC4)cc31)NC2=O. The standard InChI is InChI=1S/C44H48F2N10O5/c1-25-5-4-16-61-43-32(22-47-52(43)3)36-18-28(17-26(2)48-36)40(58)51-44-49-35-8-6-29(21-37(35)56(44)23-25)53-12-14-54(15-13-53)42(60)27-10-11-55(24-27)30-19-33(45)39(34(46)20-30)31-7-9-38(57)50-41(31)59/h6,8,17-22,25,27,31H,4-5,7,9-16,23-24H2,1-3H3,(H,49,51,58)(H,50,57,59)/t25-,27-,31-/m1/s1.